The van der Waals surface area contributed by atoms with E-state index in [1.54, 1.807) is 31.2 Å². The number of nitrogens with one attached hydrogen (secondary N) is 2. The third-order valence-electron chi connectivity index (χ3n) is 3.62. The molecule has 0 aliphatic rings. The molecule has 0 aliphatic heterocycles. The highest BCUT2D eigenvalue weighted by molar-refractivity contribution is 9.10. The zero-order chi connectivity index (χ0) is 20.1. The molecule has 0 fully saturated rings. The van der Waals surface area contributed by atoms with Crippen LogP contribution in [-0.2, 0) is 9.59 Å². The van der Waals surface area contributed by atoms with Gasteiger partial charge in [0.05, 0.1) is 5.25 Å². The minimum Gasteiger partial charge on any atom is -0.411 e. The van der Waals surface area contributed by atoms with Crippen molar-refractivity contribution in [3.8, 4) is 11.5 Å². The second-order valence-electron chi connectivity index (χ2n) is 5.89. The van der Waals surface area contributed by atoms with Gasteiger partial charge < -0.3 is 15.1 Å². The lowest BCUT2D eigenvalue weighted by atomic mass is 10.2. The maximum atomic E-state index is 12.4. The van der Waals surface area contributed by atoms with E-state index in [1.165, 1.54) is 18.7 Å². The summed E-state index contributed by atoms with van der Waals surface area (Å²) in [6, 6.07) is 14.4. The Morgan fingerprint density at radius 2 is 1.61 bits per heavy atom. The number of carbonyl (C=O) groups excluding carboxylic acids is 2. The van der Waals surface area contributed by atoms with Gasteiger partial charge in [-0.3, -0.25) is 9.59 Å². The molecule has 3 aromatic rings. The Morgan fingerprint density at radius 1 is 1.00 bits per heavy atom. The van der Waals surface area contributed by atoms with Crippen LogP contribution in [0.3, 0.4) is 0 Å². The van der Waals surface area contributed by atoms with Gasteiger partial charge in [0.15, 0.2) is 0 Å². The van der Waals surface area contributed by atoms with Crippen LogP contribution in [0, 0.1) is 0 Å². The Hall–Kier alpha value is -2.65. The first kappa shape index (κ1) is 20.1. The quantitative estimate of drug-likeness (QED) is 0.522. The molecule has 0 spiro atoms. The van der Waals surface area contributed by atoms with Gasteiger partial charge in [0.2, 0.25) is 17.7 Å². The van der Waals surface area contributed by atoms with E-state index in [0.29, 0.717) is 22.5 Å². The number of carbonyl (C=O) groups is 2. The molecule has 0 bridgehead atoms. The van der Waals surface area contributed by atoms with Gasteiger partial charge in [0, 0.05) is 28.3 Å². The van der Waals surface area contributed by atoms with Crippen molar-refractivity contribution in [2.24, 2.45) is 0 Å². The lowest BCUT2D eigenvalue weighted by Gasteiger charge is -2.10. The Bertz CT molecular complexity index is 974. The first-order valence-corrected chi connectivity index (χ1v) is 10.0. The predicted molar refractivity (Wildman–Crippen MR) is 112 cm³/mol. The molecule has 0 saturated heterocycles. The van der Waals surface area contributed by atoms with E-state index >= 15 is 0 Å². The van der Waals surface area contributed by atoms with Crippen LogP contribution < -0.4 is 10.6 Å². The number of hydrogen-bond acceptors (Lipinski definition) is 6. The maximum Gasteiger partial charge on any atom is 0.277 e. The van der Waals surface area contributed by atoms with Gasteiger partial charge in [0.25, 0.3) is 5.22 Å². The Balaban J connectivity index is 1.58. The highest BCUT2D eigenvalue weighted by Gasteiger charge is 2.19. The summed E-state index contributed by atoms with van der Waals surface area (Å²) in [5.41, 5.74) is 2.10. The molecule has 9 heteroatoms. The molecule has 2 amide bonds. The lowest BCUT2D eigenvalue weighted by molar-refractivity contribution is -0.115. The monoisotopic (exact) mass is 460 g/mol. The number of aromatic nitrogens is 2. The van der Waals surface area contributed by atoms with Crippen molar-refractivity contribution in [3.05, 3.63) is 53.0 Å². The second kappa shape index (κ2) is 9.03. The topological polar surface area (TPSA) is 97.1 Å². The molecule has 1 heterocycles. The summed E-state index contributed by atoms with van der Waals surface area (Å²) in [5, 5.41) is 13.4. The number of rotatable bonds is 6. The number of hydrogen-bond donors (Lipinski definition) is 2. The fourth-order valence-electron chi connectivity index (χ4n) is 2.26. The summed E-state index contributed by atoms with van der Waals surface area (Å²) in [4.78, 5) is 23.4. The normalized spacial score (nSPS) is 11.7. The van der Waals surface area contributed by atoms with Crippen molar-refractivity contribution in [2.75, 3.05) is 10.6 Å². The standard InChI is InChI=1S/C19H17BrN4O3S/c1-11(17(26)22-16-9-7-15(8-10-16)21-12(2)25)28-19-24-23-18(27-19)13-3-5-14(20)6-4-13/h3-11H,1-2H3,(H,21,25)(H,22,26). The summed E-state index contributed by atoms with van der Waals surface area (Å²) in [5.74, 6) is 0.0562. The maximum absolute atomic E-state index is 12.4. The van der Waals surface area contributed by atoms with Crippen LogP contribution in [0.4, 0.5) is 11.4 Å². The summed E-state index contributed by atoms with van der Waals surface area (Å²) >= 11 is 4.56. The average Bonchev–Trinajstić information content (AvgIpc) is 3.12. The minimum absolute atomic E-state index is 0.149. The van der Waals surface area contributed by atoms with Gasteiger partial charge in [-0.15, -0.1) is 10.2 Å². The molecule has 7 nitrogen and oxygen atoms in total. The third kappa shape index (κ3) is 5.43. The summed E-state index contributed by atoms with van der Waals surface area (Å²) in [6.45, 7) is 3.20. The van der Waals surface area contributed by atoms with Crippen molar-refractivity contribution in [3.63, 3.8) is 0 Å². The molecule has 28 heavy (non-hydrogen) atoms. The molecule has 1 unspecified atom stereocenters. The molecule has 2 aromatic carbocycles. The van der Waals surface area contributed by atoms with Crippen LogP contribution >= 0.6 is 27.7 Å². The van der Waals surface area contributed by atoms with Crippen molar-refractivity contribution in [1.82, 2.24) is 10.2 Å². The number of anilines is 2. The van der Waals surface area contributed by atoms with Crippen LogP contribution in [0.15, 0.2) is 62.6 Å². The molecule has 2 N–H and O–H groups in total. The molecule has 0 saturated carbocycles. The SMILES string of the molecule is CC(=O)Nc1ccc(NC(=O)C(C)Sc2nnc(-c3ccc(Br)cc3)o2)cc1. The number of benzene rings is 2. The van der Waals surface area contributed by atoms with Gasteiger partial charge in [-0.1, -0.05) is 27.7 Å². The number of thioether (sulfide) groups is 1. The van der Waals surface area contributed by atoms with Crippen molar-refractivity contribution in [1.29, 1.82) is 0 Å². The Kier molecular flexibility index (Phi) is 6.48. The Morgan fingerprint density at radius 3 is 2.21 bits per heavy atom. The minimum atomic E-state index is -0.437. The van der Waals surface area contributed by atoms with Gasteiger partial charge in [-0.05, 0) is 55.5 Å². The molecule has 1 atom stereocenters. The molecule has 144 valence electrons. The lowest BCUT2D eigenvalue weighted by Crippen LogP contribution is -2.22. The molecular weight excluding hydrogens is 444 g/mol. The molecular formula is C19H17BrN4O3S. The van der Waals surface area contributed by atoms with Gasteiger partial charge in [0.1, 0.15) is 0 Å². The van der Waals surface area contributed by atoms with E-state index in [2.05, 4.69) is 36.8 Å². The van der Waals surface area contributed by atoms with Gasteiger partial charge in [-0.2, -0.15) is 0 Å². The summed E-state index contributed by atoms with van der Waals surface area (Å²) in [7, 11) is 0. The molecule has 0 radical (unpaired) electrons. The second-order valence-corrected chi connectivity index (χ2v) is 8.10. The van der Waals surface area contributed by atoms with Crippen LogP contribution in [0.2, 0.25) is 0 Å². The summed E-state index contributed by atoms with van der Waals surface area (Å²) < 4.78 is 6.60. The van der Waals surface area contributed by atoms with Crippen LogP contribution in [0.5, 0.6) is 0 Å². The third-order valence-corrected chi connectivity index (χ3v) is 5.08. The predicted octanol–water partition coefficient (Wildman–Crippen LogP) is 4.58. The zero-order valence-corrected chi connectivity index (χ0v) is 17.5. The highest BCUT2D eigenvalue weighted by atomic mass is 79.9. The van der Waals surface area contributed by atoms with E-state index in [1.807, 2.05) is 24.3 Å². The molecule has 3 rings (SSSR count). The fourth-order valence-corrected chi connectivity index (χ4v) is 3.20. The van der Waals surface area contributed by atoms with E-state index < -0.39 is 5.25 Å². The van der Waals surface area contributed by atoms with E-state index in [4.69, 9.17) is 4.42 Å². The van der Waals surface area contributed by atoms with Gasteiger partial charge in [-0.25, -0.2) is 0 Å². The van der Waals surface area contributed by atoms with Gasteiger partial charge >= 0.3 is 0 Å². The smallest absolute Gasteiger partial charge is 0.277 e. The number of halogens is 1. The first-order valence-electron chi connectivity index (χ1n) is 8.35. The van der Waals surface area contributed by atoms with Crippen molar-refractivity contribution < 1.29 is 14.0 Å². The van der Waals surface area contributed by atoms with Crippen LogP contribution in [0.1, 0.15) is 13.8 Å². The van der Waals surface area contributed by atoms with E-state index in [-0.39, 0.29) is 11.8 Å². The number of amides is 2. The van der Waals surface area contributed by atoms with Crippen LogP contribution in [-0.4, -0.2) is 27.3 Å². The van der Waals surface area contributed by atoms with Crippen LogP contribution in [0.25, 0.3) is 11.5 Å². The molecule has 0 aliphatic carbocycles. The highest BCUT2D eigenvalue weighted by Crippen LogP contribution is 2.27. The average molecular weight is 461 g/mol. The fraction of sp³-hybridized carbons (Fsp3) is 0.158. The molecule has 1 aromatic heterocycles. The van der Waals surface area contributed by atoms with Crippen molar-refractivity contribution >= 4 is 50.9 Å². The van der Waals surface area contributed by atoms with Crippen molar-refractivity contribution in [2.45, 2.75) is 24.3 Å². The van der Waals surface area contributed by atoms with E-state index in [0.717, 1.165) is 10.0 Å². The largest absolute Gasteiger partial charge is 0.411 e. The van der Waals surface area contributed by atoms with E-state index in [9.17, 15) is 9.59 Å². The zero-order valence-electron chi connectivity index (χ0n) is 15.1. The summed E-state index contributed by atoms with van der Waals surface area (Å²) in [6.07, 6.45) is 0. The Labute approximate surface area is 174 Å². The number of nitrogens with zero attached hydrogens (tertiary/aromatic N) is 2. The first-order chi connectivity index (χ1) is 13.4.